The van der Waals surface area contributed by atoms with Gasteiger partial charge >= 0.3 is 0 Å². The number of hydrogen-bond donors (Lipinski definition) is 2. The molecule has 0 aromatic carbocycles. The lowest BCUT2D eigenvalue weighted by Crippen LogP contribution is -2.33. The van der Waals surface area contributed by atoms with Crippen molar-refractivity contribution in [2.45, 2.75) is 51.1 Å². The van der Waals surface area contributed by atoms with Gasteiger partial charge in [-0.15, -0.1) is 23.7 Å². The molecule has 1 amide bonds. The van der Waals surface area contributed by atoms with E-state index in [-0.39, 0.29) is 30.4 Å². The van der Waals surface area contributed by atoms with Gasteiger partial charge in [-0.2, -0.15) is 0 Å². The van der Waals surface area contributed by atoms with Crippen molar-refractivity contribution in [2.24, 2.45) is 11.7 Å². The molecule has 0 bridgehead atoms. The van der Waals surface area contributed by atoms with E-state index in [1.807, 2.05) is 12.1 Å². The number of amides is 1. The second-order valence-corrected chi connectivity index (χ2v) is 6.98. The Hall–Kier alpha value is -0.290. The zero-order valence-electron chi connectivity index (χ0n) is 11.6. The molecule has 1 saturated carbocycles. The second kappa shape index (κ2) is 8.23. The Morgan fingerprint density at radius 3 is 2.80 bits per heavy atom. The first-order chi connectivity index (χ1) is 9.10. The molecular weight excluding hydrogens is 315 g/mol. The second-order valence-electron chi connectivity index (χ2n) is 5.23. The van der Waals surface area contributed by atoms with Crippen LogP contribution in [-0.4, -0.2) is 11.9 Å². The number of nitrogens with two attached hydrogens (primary N) is 1. The fraction of sp³-hybridized carbons (Fsp3) is 0.643. The standard InChI is InChI=1S/C14H21ClN2OS.ClH/c1-2-11(12-6-7-13(15)19-12)17-14(18)8-9-4-3-5-10(9)16;/h6-7,9-11H,2-5,8,16H2,1H3,(H,17,18);1H/t9-,10+,11?;/m0./s1. The summed E-state index contributed by atoms with van der Waals surface area (Å²) in [5.41, 5.74) is 6.01. The van der Waals surface area contributed by atoms with Gasteiger partial charge in [-0.05, 0) is 37.3 Å². The van der Waals surface area contributed by atoms with Gasteiger partial charge in [0, 0.05) is 17.3 Å². The Bertz CT molecular complexity index is 439. The predicted octanol–water partition coefficient (Wildman–Crippen LogP) is 3.91. The summed E-state index contributed by atoms with van der Waals surface area (Å²) in [5.74, 6) is 0.461. The molecule has 1 aromatic heterocycles. The molecule has 0 radical (unpaired) electrons. The van der Waals surface area contributed by atoms with Crippen molar-refractivity contribution < 1.29 is 4.79 Å². The molecule has 3 N–H and O–H groups in total. The Balaban J connectivity index is 0.00000200. The predicted molar refractivity (Wildman–Crippen MR) is 87.7 cm³/mol. The first-order valence-electron chi connectivity index (χ1n) is 6.90. The molecule has 3 nitrogen and oxygen atoms in total. The molecule has 0 aliphatic heterocycles. The molecule has 1 aliphatic rings. The number of nitrogens with one attached hydrogen (secondary N) is 1. The summed E-state index contributed by atoms with van der Waals surface area (Å²) in [5, 5.41) is 3.10. The molecule has 1 unspecified atom stereocenters. The summed E-state index contributed by atoms with van der Waals surface area (Å²) in [6, 6.07) is 4.14. The monoisotopic (exact) mass is 336 g/mol. The number of thiophene rings is 1. The van der Waals surface area contributed by atoms with Crippen LogP contribution in [0.1, 0.15) is 49.9 Å². The van der Waals surface area contributed by atoms with Crippen molar-refractivity contribution in [1.29, 1.82) is 0 Å². The highest BCUT2D eigenvalue weighted by Crippen LogP contribution is 2.30. The first-order valence-corrected chi connectivity index (χ1v) is 8.09. The van der Waals surface area contributed by atoms with Crippen LogP contribution < -0.4 is 11.1 Å². The number of carbonyl (C=O) groups is 1. The molecule has 1 fully saturated rings. The Morgan fingerprint density at radius 1 is 1.55 bits per heavy atom. The minimum atomic E-state index is 0. The third-order valence-electron chi connectivity index (χ3n) is 3.85. The van der Waals surface area contributed by atoms with Gasteiger partial charge < -0.3 is 11.1 Å². The van der Waals surface area contributed by atoms with Gasteiger partial charge in [0.05, 0.1) is 10.4 Å². The lowest BCUT2D eigenvalue weighted by atomic mass is 9.99. The fourth-order valence-electron chi connectivity index (χ4n) is 2.70. The molecule has 2 rings (SSSR count). The van der Waals surface area contributed by atoms with Crippen LogP contribution in [0.3, 0.4) is 0 Å². The maximum atomic E-state index is 12.1. The fourth-order valence-corrected chi connectivity index (χ4v) is 3.90. The summed E-state index contributed by atoms with van der Waals surface area (Å²) in [6.07, 6.45) is 4.71. The van der Waals surface area contributed by atoms with Crippen LogP contribution in [0.4, 0.5) is 0 Å². The topological polar surface area (TPSA) is 55.1 Å². The van der Waals surface area contributed by atoms with E-state index in [9.17, 15) is 4.79 Å². The SMILES string of the molecule is CCC(NC(=O)C[C@@H]1CCC[C@H]1N)c1ccc(Cl)s1.Cl. The highest BCUT2D eigenvalue weighted by atomic mass is 35.5. The third kappa shape index (κ3) is 4.62. The maximum absolute atomic E-state index is 12.1. The van der Waals surface area contributed by atoms with E-state index in [0.29, 0.717) is 12.3 Å². The van der Waals surface area contributed by atoms with E-state index >= 15 is 0 Å². The van der Waals surface area contributed by atoms with E-state index in [4.69, 9.17) is 17.3 Å². The maximum Gasteiger partial charge on any atom is 0.220 e. The summed E-state index contributed by atoms with van der Waals surface area (Å²) < 4.78 is 0.764. The van der Waals surface area contributed by atoms with Gasteiger partial charge in [-0.25, -0.2) is 0 Å². The lowest BCUT2D eigenvalue weighted by molar-refractivity contribution is -0.122. The van der Waals surface area contributed by atoms with Crippen molar-refractivity contribution in [2.75, 3.05) is 0 Å². The van der Waals surface area contributed by atoms with Crippen LogP contribution in [0, 0.1) is 5.92 Å². The van der Waals surface area contributed by atoms with Crippen LogP contribution in [0.2, 0.25) is 4.34 Å². The van der Waals surface area contributed by atoms with Crippen molar-refractivity contribution in [1.82, 2.24) is 5.32 Å². The molecule has 0 spiro atoms. The van der Waals surface area contributed by atoms with Crippen LogP contribution in [0.15, 0.2) is 12.1 Å². The quantitative estimate of drug-likeness (QED) is 0.856. The Labute approximate surface area is 135 Å². The van der Waals surface area contributed by atoms with E-state index in [1.54, 1.807) is 0 Å². The van der Waals surface area contributed by atoms with Crippen molar-refractivity contribution >= 4 is 41.3 Å². The average molecular weight is 337 g/mol. The van der Waals surface area contributed by atoms with E-state index < -0.39 is 0 Å². The summed E-state index contributed by atoms with van der Waals surface area (Å²) >= 11 is 7.48. The largest absolute Gasteiger partial charge is 0.348 e. The van der Waals surface area contributed by atoms with Crippen molar-refractivity contribution in [3.63, 3.8) is 0 Å². The van der Waals surface area contributed by atoms with Gasteiger partial charge in [0.25, 0.3) is 0 Å². The van der Waals surface area contributed by atoms with Gasteiger partial charge in [-0.3, -0.25) is 4.79 Å². The van der Waals surface area contributed by atoms with E-state index in [2.05, 4.69) is 12.2 Å². The minimum Gasteiger partial charge on any atom is -0.348 e. The van der Waals surface area contributed by atoms with Gasteiger partial charge in [0.2, 0.25) is 5.91 Å². The van der Waals surface area contributed by atoms with Crippen LogP contribution in [0.25, 0.3) is 0 Å². The van der Waals surface area contributed by atoms with Gasteiger partial charge in [0.15, 0.2) is 0 Å². The number of hydrogen-bond acceptors (Lipinski definition) is 3. The molecule has 3 atom stereocenters. The minimum absolute atomic E-state index is 0. The van der Waals surface area contributed by atoms with Gasteiger partial charge in [-0.1, -0.05) is 24.9 Å². The Morgan fingerprint density at radius 2 is 2.30 bits per heavy atom. The van der Waals surface area contributed by atoms with E-state index in [0.717, 1.165) is 34.9 Å². The van der Waals surface area contributed by atoms with Crippen LogP contribution in [0.5, 0.6) is 0 Å². The molecule has 1 aliphatic carbocycles. The molecule has 6 heteroatoms. The first kappa shape index (κ1) is 17.8. The molecule has 20 heavy (non-hydrogen) atoms. The summed E-state index contributed by atoms with van der Waals surface area (Å²) in [7, 11) is 0. The third-order valence-corrected chi connectivity index (χ3v) is 5.19. The smallest absolute Gasteiger partial charge is 0.220 e. The van der Waals surface area contributed by atoms with Crippen molar-refractivity contribution in [3.05, 3.63) is 21.3 Å². The zero-order chi connectivity index (χ0) is 13.8. The molecular formula is C14H22Cl2N2OS. The number of carbonyl (C=O) groups excluding carboxylic acids is 1. The van der Waals surface area contributed by atoms with Crippen LogP contribution in [-0.2, 0) is 4.79 Å². The highest BCUT2D eigenvalue weighted by Gasteiger charge is 2.26. The normalized spacial score (nSPS) is 23.1. The van der Waals surface area contributed by atoms with Crippen LogP contribution >= 0.6 is 35.3 Å². The van der Waals surface area contributed by atoms with E-state index in [1.165, 1.54) is 11.3 Å². The summed E-state index contributed by atoms with van der Waals surface area (Å²) in [6.45, 7) is 2.07. The number of rotatable bonds is 5. The van der Waals surface area contributed by atoms with Gasteiger partial charge in [0.1, 0.15) is 0 Å². The molecule has 0 saturated heterocycles. The number of halogens is 2. The lowest BCUT2D eigenvalue weighted by Gasteiger charge is -2.19. The zero-order valence-corrected chi connectivity index (χ0v) is 14.0. The highest BCUT2D eigenvalue weighted by molar-refractivity contribution is 7.16. The summed E-state index contributed by atoms with van der Waals surface area (Å²) in [4.78, 5) is 13.2. The molecule has 114 valence electrons. The van der Waals surface area contributed by atoms with Crippen molar-refractivity contribution in [3.8, 4) is 0 Å². The average Bonchev–Trinajstić information content (AvgIpc) is 2.96. The Kier molecular flexibility index (Phi) is 7.30. The molecule has 1 heterocycles. The molecule has 1 aromatic rings.